The summed E-state index contributed by atoms with van der Waals surface area (Å²) in [6.45, 7) is -0.124. The van der Waals surface area contributed by atoms with E-state index in [9.17, 15) is 9.59 Å². The van der Waals surface area contributed by atoms with Crippen LogP contribution in [0.1, 0.15) is 32.2 Å². The lowest BCUT2D eigenvalue weighted by atomic mass is 10.0. The molecule has 0 aliphatic carbocycles. The summed E-state index contributed by atoms with van der Waals surface area (Å²) in [6.07, 6.45) is 0. The number of esters is 1. The van der Waals surface area contributed by atoms with Gasteiger partial charge in [0.25, 0.3) is 5.89 Å². The Kier molecular flexibility index (Phi) is 5.07. The summed E-state index contributed by atoms with van der Waals surface area (Å²) in [5, 5.41) is 7.68. The van der Waals surface area contributed by atoms with Gasteiger partial charge in [0.2, 0.25) is 5.82 Å². The van der Waals surface area contributed by atoms with E-state index in [2.05, 4.69) is 10.1 Å². The van der Waals surface area contributed by atoms with Gasteiger partial charge in [0.15, 0.2) is 12.4 Å². The highest BCUT2D eigenvalue weighted by molar-refractivity contribution is 7.08. The maximum atomic E-state index is 12.4. The van der Waals surface area contributed by atoms with Gasteiger partial charge in [-0.3, -0.25) is 4.79 Å². The molecule has 0 amide bonds. The van der Waals surface area contributed by atoms with Crippen molar-refractivity contribution in [1.29, 1.82) is 0 Å². The Morgan fingerprint density at radius 2 is 1.64 bits per heavy atom. The largest absolute Gasteiger partial charge is 0.452 e. The maximum Gasteiger partial charge on any atom is 0.338 e. The first-order valence-corrected chi connectivity index (χ1v) is 9.37. The van der Waals surface area contributed by atoms with Crippen molar-refractivity contribution in [2.24, 2.45) is 0 Å². The van der Waals surface area contributed by atoms with Crippen molar-refractivity contribution < 1.29 is 18.8 Å². The molecule has 0 bridgehead atoms. The Bertz CT molecular complexity index is 1090. The third-order valence-electron chi connectivity index (χ3n) is 3.99. The van der Waals surface area contributed by atoms with E-state index < -0.39 is 5.97 Å². The third-order valence-corrected chi connectivity index (χ3v) is 4.68. The van der Waals surface area contributed by atoms with Crippen LogP contribution in [0.5, 0.6) is 0 Å². The van der Waals surface area contributed by atoms with Gasteiger partial charge in [0, 0.05) is 22.1 Å². The summed E-state index contributed by atoms with van der Waals surface area (Å²) < 4.78 is 10.3. The van der Waals surface area contributed by atoms with Crippen molar-refractivity contribution in [1.82, 2.24) is 10.1 Å². The molecule has 0 spiro atoms. The minimum Gasteiger partial charge on any atom is -0.452 e. The van der Waals surface area contributed by atoms with Crippen LogP contribution in [0.3, 0.4) is 0 Å². The molecule has 28 heavy (non-hydrogen) atoms. The minimum absolute atomic E-state index is 0.104. The van der Waals surface area contributed by atoms with Gasteiger partial charge in [-0.2, -0.15) is 16.3 Å². The third kappa shape index (κ3) is 3.89. The number of rotatable bonds is 6. The van der Waals surface area contributed by atoms with Gasteiger partial charge >= 0.3 is 5.97 Å². The topological polar surface area (TPSA) is 82.3 Å². The van der Waals surface area contributed by atoms with Gasteiger partial charge in [0.1, 0.15) is 0 Å². The second-order valence-corrected chi connectivity index (χ2v) is 6.65. The molecule has 0 unspecified atom stereocenters. The van der Waals surface area contributed by atoms with Crippen LogP contribution in [0.2, 0.25) is 0 Å². The quantitative estimate of drug-likeness (QED) is 0.359. The first-order chi connectivity index (χ1) is 13.7. The molecule has 138 valence electrons. The zero-order valence-electron chi connectivity index (χ0n) is 14.6. The highest BCUT2D eigenvalue weighted by Crippen LogP contribution is 2.19. The lowest BCUT2D eigenvalue weighted by Crippen LogP contribution is -2.07. The van der Waals surface area contributed by atoms with E-state index in [4.69, 9.17) is 9.26 Å². The number of hydrogen-bond acceptors (Lipinski definition) is 7. The Hall–Kier alpha value is -3.58. The van der Waals surface area contributed by atoms with Crippen molar-refractivity contribution in [3.63, 3.8) is 0 Å². The van der Waals surface area contributed by atoms with E-state index in [1.807, 2.05) is 22.9 Å². The molecule has 2 aromatic carbocycles. The monoisotopic (exact) mass is 390 g/mol. The van der Waals surface area contributed by atoms with Crippen LogP contribution in [-0.4, -0.2) is 21.9 Å². The number of nitrogens with zero attached hydrogens (tertiary/aromatic N) is 2. The van der Waals surface area contributed by atoms with Gasteiger partial charge in [-0.05, 0) is 23.6 Å². The molecule has 0 atom stereocenters. The summed E-state index contributed by atoms with van der Waals surface area (Å²) in [6, 6.07) is 17.2. The minimum atomic E-state index is -0.533. The van der Waals surface area contributed by atoms with Gasteiger partial charge in [-0.25, -0.2) is 4.79 Å². The molecule has 0 saturated heterocycles. The first-order valence-electron chi connectivity index (χ1n) is 8.43. The highest BCUT2D eigenvalue weighted by Gasteiger charge is 2.14. The average molecular weight is 390 g/mol. The second kappa shape index (κ2) is 7.98. The molecule has 6 nitrogen and oxygen atoms in total. The van der Waals surface area contributed by atoms with Crippen LogP contribution in [0.15, 0.2) is 75.9 Å². The van der Waals surface area contributed by atoms with E-state index in [1.165, 1.54) is 11.3 Å². The maximum absolute atomic E-state index is 12.4. The number of hydrogen-bond donors (Lipinski definition) is 0. The number of carbonyl (C=O) groups is 2. The predicted molar refractivity (Wildman–Crippen MR) is 103 cm³/mol. The van der Waals surface area contributed by atoms with E-state index >= 15 is 0 Å². The van der Waals surface area contributed by atoms with Crippen molar-refractivity contribution in [3.8, 4) is 11.4 Å². The van der Waals surface area contributed by atoms with Gasteiger partial charge in [0.05, 0.1) is 5.56 Å². The Balaban J connectivity index is 1.38. The lowest BCUT2D eigenvalue weighted by Gasteiger charge is -2.04. The Morgan fingerprint density at radius 1 is 0.929 bits per heavy atom. The molecule has 7 heteroatoms. The number of aromatic nitrogens is 2. The summed E-state index contributed by atoms with van der Waals surface area (Å²) in [4.78, 5) is 28.8. The number of thiophene rings is 1. The molecule has 4 rings (SSSR count). The summed E-state index contributed by atoms with van der Waals surface area (Å²) in [5.41, 5.74) is 2.28. The molecule has 2 aromatic heterocycles. The summed E-state index contributed by atoms with van der Waals surface area (Å²) in [5.74, 6) is 0.0304. The zero-order chi connectivity index (χ0) is 19.3. The standard InChI is InChI=1S/C21H14N2O4S/c24-19(14-4-2-1-3-5-14)15-6-8-16(9-7-15)21(25)26-12-18-22-20(23-27-18)17-10-11-28-13-17/h1-11,13H,12H2. The first kappa shape index (κ1) is 17.8. The molecule has 0 saturated carbocycles. The molecular formula is C21H14N2O4S. The van der Waals surface area contributed by atoms with Crippen LogP contribution in [-0.2, 0) is 11.3 Å². The number of benzene rings is 2. The van der Waals surface area contributed by atoms with Crippen LogP contribution >= 0.6 is 11.3 Å². The lowest BCUT2D eigenvalue weighted by molar-refractivity contribution is 0.0429. The SMILES string of the molecule is O=C(OCc1nc(-c2ccsc2)no1)c1ccc(C(=O)c2ccccc2)cc1. The number of carbonyl (C=O) groups excluding carboxylic acids is 2. The van der Waals surface area contributed by atoms with Crippen molar-refractivity contribution >= 4 is 23.1 Å². The van der Waals surface area contributed by atoms with Gasteiger partial charge in [-0.1, -0.05) is 47.6 Å². The van der Waals surface area contributed by atoms with Gasteiger partial charge < -0.3 is 9.26 Å². The van der Waals surface area contributed by atoms with Crippen LogP contribution < -0.4 is 0 Å². The second-order valence-electron chi connectivity index (χ2n) is 5.87. The highest BCUT2D eigenvalue weighted by atomic mass is 32.1. The smallest absolute Gasteiger partial charge is 0.338 e. The summed E-state index contributed by atoms with van der Waals surface area (Å²) in [7, 11) is 0. The van der Waals surface area contributed by atoms with Gasteiger partial charge in [-0.15, -0.1) is 0 Å². The number of ketones is 1. The fourth-order valence-electron chi connectivity index (χ4n) is 2.55. The van der Waals surface area contributed by atoms with Crippen LogP contribution in [0.4, 0.5) is 0 Å². The molecule has 0 aliphatic heterocycles. The molecule has 0 radical (unpaired) electrons. The summed E-state index contributed by atoms with van der Waals surface area (Å²) >= 11 is 1.53. The molecule has 2 heterocycles. The molecular weight excluding hydrogens is 376 g/mol. The predicted octanol–water partition coefficient (Wildman–Crippen LogP) is 4.39. The Morgan fingerprint density at radius 3 is 2.36 bits per heavy atom. The molecule has 0 N–H and O–H groups in total. The van der Waals surface area contributed by atoms with Crippen molar-refractivity contribution in [2.45, 2.75) is 6.61 Å². The number of ether oxygens (including phenoxy) is 1. The average Bonchev–Trinajstić information content (AvgIpc) is 3.44. The zero-order valence-corrected chi connectivity index (χ0v) is 15.4. The Labute approximate surface area is 164 Å². The van der Waals surface area contributed by atoms with E-state index in [-0.39, 0.29) is 18.3 Å². The van der Waals surface area contributed by atoms with Crippen LogP contribution in [0.25, 0.3) is 11.4 Å². The van der Waals surface area contributed by atoms with E-state index in [0.29, 0.717) is 22.5 Å². The normalized spacial score (nSPS) is 10.6. The van der Waals surface area contributed by atoms with Crippen molar-refractivity contribution in [3.05, 3.63) is 94.0 Å². The molecule has 4 aromatic rings. The fourth-order valence-corrected chi connectivity index (χ4v) is 3.18. The molecule has 0 fully saturated rings. The van der Waals surface area contributed by atoms with E-state index in [0.717, 1.165) is 5.56 Å². The van der Waals surface area contributed by atoms with E-state index in [1.54, 1.807) is 48.5 Å². The van der Waals surface area contributed by atoms with Crippen LogP contribution in [0, 0.1) is 0 Å². The fraction of sp³-hybridized carbons (Fsp3) is 0.0476. The molecule has 0 aliphatic rings. The van der Waals surface area contributed by atoms with Crippen molar-refractivity contribution in [2.75, 3.05) is 0 Å².